The standard InChI is InChI=1S/C39H35BrN4O14S4/c40-27-11-12-31-29(20-27)42(21-26-8-4-5-9-32(26)62(54,55)56)33(57-31)13-10-25(18-24-6-2-1-3-7-24)19-30-37(47)44(28-14-16-60(49,50)23-28)36(43(30)22-34(45)46)35-38(48)41(39(59)58-35)15-17-61(51,52)53/h1-13,19-20,28H,14-18,21-23H2,(H,45,46)(H,51,52,53)(H,54,55,56). The van der Waals surface area contributed by atoms with Crippen molar-refractivity contribution in [2.75, 3.05) is 28.7 Å². The van der Waals surface area contributed by atoms with Crippen molar-refractivity contribution < 1.29 is 58.5 Å². The van der Waals surface area contributed by atoms with E-state index in [1.165, 1.54) is 24.3 Å². The number of fused-ring (bicyclic) bond motifs is 1. The number of carbonyl (C=O) groups excluding carboxylic acids is 1. The van der Waals surface area contributed by atoms with E-state index in [0.717, 1.165) is 14.7 Å². The van der Waals surface area contributed by atoms with Gasteiger partial charge in [-0.05, 0) is 78.2 Å². The van der Waals surface area contributed by atoms with Crippen LogP contribution in [0.15, 0.2) is 111 Å². The highest BCUT2D eigenvalue weighted by Crippen LogP contribution is 2.42. The lowest BCUT2D eigenvalue weighted by atomic mass is 10.0. The second kappa shape index (κ2) is 17.4. The average Bonchev–Trinajstić information content (AvgIpc) is 3.89. The molecule has 62 heavy (non-hydrogen) atoms. The van der Waals surface area contributed by atoms with E-state index in [9.17, 15) is 53.8 Å². The summed E-state index contributed by atoms with van der Waals surface area (Å²) in [5.41, 5.74) is 0.592. The van der Waals surface area contributed by atoms with E-state index in [4.69, 9.17) is 21.7 Å². The first kappa shape index (κ1) is 44.6. The van der Waals surface area contributed by atoms with Crippen LogP contribution in [-0.2, 0) is 63.9 Å². The normalized spacial score (nSPS) is 19.6. The number of carboxylic acids is 1. The highest BCUT2D eigenvalue weighted by molar-refractivity contribution is 9.10. The molecule has 3 aliphatic heterocycles. The third-order valence-corrected chi connectivity index (χ3v) is 14.2. The van der Waals surface area contributed by atoms with E-state index < -0.39 is 94.6 Å². The van der Waals surface area contributed by atoms with Crippen molar-refractivity contribution in [3.8, 4) is 5.75 Å². The number of aliphatic carboxylic acids is 1. The summed E-state index contributed by atoms with van der Waals surface area (Å²) in [6.07, 6.45) is 4.57. The van der Waals surface area contributed by atoms with Gasteiger partial charge in [0.15, 0.2) is 21.1 Å². The van der Waals surface area contributed by atoms with Crippen LogP contribution in [0.1, 0.15) is 23.6 Å². The maximum absolute atomic E-state index is 14.7. The Balaban J connectivity index is 1.46. The summed E-state index contributed by atoms with van der Waals surface area (Å²) in [7, 11) is -12.9. The molecule has 4 aromatic rings. The van der Waals surface area contributed by atoms with Gasteiger partial charge in [0.2, 0.25) is 11.6 Å². The van der Waals surface area contributed by atoms with Crippen molar-refractivity contribution in [1.29, 1.82) is 0 Å². The number of hydrogen-bond donors (Lipinski definition) is 3. The Morgan fingerprint density at radius 2 is 1.68 bits per heavy atom. The Morgan fingerprint density at radius 3 is 2.34 bits per heavy atom. The van der Waals surface area contributed by atoms with Crippen molar-refractivity contribution in [1.82, 2.24) is 14.0 Å². The van der Waals surface area contributed by atoms with Crippen molar-refractivity contribution in [3.63, 3.8) is 0 Å². The number of carbonyl (C=O) groups is 2. The van der Waals surface area contributed by atoms with Gasteiger partial charge in [0.1, 0.15) is 11.9 Å². The molecule has 0 aliphatic carbocycles. The number of nitrogens with zero attached hydrogens (tertiary/aromatic N) is 4. The number of halogens is 1. The molecule has 0 radical (unpaired) electrons. The van der Waals surface area contributed by atoms with Gasteiger partial charge in [-0.25, -0.2) is 8.42 Å². The smallest absolute Gasteiger partial charge is 0.323 e. The van der Waals surface area contributed by atoms with Gasteiger partial charge < -0.3 is 24.0 Å². The average molecular weight is 992 g/mol. The number of amides is 1. The highest BCUT2D eigenvalue weighted by atomic mass is 79.9. The van der Waals surface area contributed by atoms with Crippen LogP contribution < -0.4 is 26.0 Å². The summed E-state index contributed by atoms with van der Waals surface area (Å²) < 4.78 is 107. The Labute approximate surface area is 367 Å². The lowest BCUT2D eigenvalue weighted by molar-refractivity contribution is -0.137. The van der Waals surface area contributed by atoms with Gasteiger partial charge in [0, 0.05) is 11.0 Å². The van der Waals surface area contributed by atoms with E-state index in [-0.39, 0.29) is 46.8 Å². The second-order valence-electron chi connectivity index (χ2n) is 14.3. The quantitative estimate of drug-likeness (QED) is 0.128. The van der Waals surface area contributed by atoms with Gasteiger partial charge in [-0.3, -0.25) is 33.0 Å². The van der Waals surface area contributed by atoms with Crippen molar-refractivity contribution in [2.24, 2.45) is 0 Å². The predicted octanol–water partition coefficient (Wildman–Crippen LogP) is 2.13. The van der Waals surface area contributed by atoms with Crippen LogP contribution in [0.5, 0.6) is 5.75 Å². The molecule has 1 aromatic heterocycles. The van der Waals surface area contributed by atoms with Gasteiger partial charge >= 0.3 is 11.9 Å². The molecule has 18 nitrogen and oxygen atoms in total. The Morgan fingerprint density at radius 1 is 0.968 bits per heavy atom. The van der Waals surface area contributed by atoms with E-state index in [2.05, 4.69) is 15.9 Å². The van der Waals surface area contributed by atoms with Crippen LogP contribution in [0.3, 0.4) is 0 Å². The van der Waals surface area contributed by atoms with Gasteiger partial charge in [0.05, 0.1) is 40.4 Å². The molecular weight excluding hydrogens is 957 g/mol. The van der Waals surface area contributed by atoms with Crippen LogP contribution in [0.2, 0.25) is 0 Å². The molecule has 0 spiro atoms. The minimum Gasteiger partial charge on any atom is -0.480 e. The fraction of sp³-hybridized carbons (Fsp3) is 0.231. The molecule has 3 N–H and O–H groups in total. The molecule has 4 heterocycles. The topological polar surface area (TPSA) is 249 Å². The number of sulfone groups is 1. The summed E-state index contributed by atoms with van der Waals surface area (Å²) in [6.45, 7) is -1.68. The van der Waals surface area contributed by atoms with Crippen LogP contribution in [-0.4, -0.2) is 94.4 Å². The lowest BCUT2D eigenvalue weighted by Gasteiger charge is -2.20. The zero-order valence-corrected chi connectivity index (χ0v) is 36.9. The molecular formula is C39H35BrN4O14S4. The fourth-order valence-corrected chi connectivity index (χ4v) is 10.7. The zero-order valence-electron chi connectivity index (χ0n) is 32.0. The van der Waals surface area contributed by atoms with Crippen LogP contribution in [0, 0.1) is 0 Å². The summed E-state index contributed by atoms with van der Waals surface area (Å²) in [5.74, 6) is -4.36. The first-order valence-electron chi connectivity index (χ1n) is 18.4. The van der Waals surface area contributed by atoms with Crippen LogP contribution >= 0.6 is 28.1 Å². The Bertz CT molecular complexity index is 3130. The van der Waals surface area contributed by atoms with E-state index in [1.54, 1.807) is 71.6 Å². The zero-order chi connectivity index (χ0) is 44.7. The number of allylic oxidation sites excluding steroid dienone is 3. The van der Waals surface area contributed by atoms with Gasteiger partial charge in [-0.15, -0.1) is 0 Å². The number of aromatic nitrogens is 2. The van der Waals surface area contributed by atoms with Gasteiger partial charge in [-0.2, -0.15) is 16.8 Å². The molecule has 1 unspecified atom stereocenters. The molecule has 1 atom stereocenters. The molecule has 0 saturated carbocycles. The maximum atomic E-state index is 14.7. The first-order valence-corrected chi connectivity index (χ1v) is 24.5. The van der Waals surface area contributed by atoms with E-state index in [0.29, 0.717) is 26.4 Å². The molecule has 326 valence electrons. The van der Waals surface area contributed by atoms with Crippen LogP contribution in [0.25, 0.3) is 11.8 Å². The number of rotatable bonds is 13. The second-order valence-corrected chi connectivity index (χ2v) is 20.8. The first-order chi connectivity index (χ1) is 29.2. The van der Waals surface area contributed by atoms with Crippen molar-refractivity contribution >= 4 is 92.8 Å². The Hall–Kier alpha value is -5.43. The number of thiocarbonyl (C=S) groups is 1. The molecule has 0 bridgehead atoms. The van der Waals surface area contributed by atoms with E-state index in [1.807, 2.05) is 0 Å². The summed E-state index contributed by atoms with van der Waals surface area (Å²) in [6, 6.07) is 18.9. The number of benzene rings is 3. The van der Waals surface area contributed by atoms with Gasteiger partial charge in [-0.1, -0.05) is 70.5 Å². The summed E-state index contributed by atoms with van der Waals surface area (Å²) >= 11 is 8.66. The number of carboxylic acid groups (broad SMARTS) is 1. The Kier molecular flexibility index (Phi) is 12.5. The number of hydrogen-bond acceptors (Lipinski definition) is 13. The largest absolute Gasteiger partial charge is 0.480 e. The maximum Gasteiger partial charge on any atom is 0.323 e. The molecule has 2 fully saturated rings. The third-order valence-electron chi connectivity index (χ3n) is 9.99. The molecule has 7 rings (SSSR count). The predicted molar refractivity (Wildman–Crippen MR) is 231 cm³/mol. The van der Waals surface area contributed by atoms with E-state index >= 15 is 0 Å². The lowest BCUT2D eigenvalue weighted by Crippen LogP contribution is -2.39. The number of imidazole rings is 1. The molecule has 3 aromatic carbocycles. The van der Waals surface area contributed by atoms with Gasteiger partial charge in [0.25, 0.3) is 31.0 Å². The van der Waals surface area contributed by atoms with Crippen molar-refractivity contribution in [2.45, 2.75) is 36.9 Å². The van der Waals surface area contributed by atoms with Crippen LogP contribution in [0.4, 0.5) is 5.69 Å². The minimum atomic E-state index is -4.63. The SMILES string of the molecule is O=C(O)Cn1c(=CC(=CC=C2Oc3ccc(Br)cc3N2Cc2ccccc2S(=O)(=O)O)Cc2ccccc2)c(=O)n(C2CCS(=O)(=O)C2)c1=C1OC(=S)N(CCS(=O)(=O)O)C1=O. The molecule has 3 aliphatic rings. The third kappa shape index (κ3) is 9.78. The molecule has 2 saturated heterocycles. The van der Waals surface area contributed by atoms with Crippen molar-refractivity contribution in [3.05, 3.63) is 133 Å². The number of ether oxygens (including phenoxy) is 2. The summed E-state index contributed by atoms with van der Waals surface area (Å²) in [5, 5.41) is 9.34. The molecule has 23 heteroatoms. The monoisotopic (exact) mass is 990 g/mol. The summed E-state index contributed by atoms with van der Waals surface area (Å²) in [4.78, 5) is 43.1. The number of anilines is 1. The minimum absolute atomic E-state index is 0.0759. The highest BCUT2D eigenvalue weighted by Gasteiger charge is 2.39. The fourth-order valence-electron chi connectivity index (χ4n) is 7.26. The molecule has 1 amide bonds.